The number of nitrogens with zero attached hydrogens (tertiary/aromatic N) is 2. The Morgan fingerprint density at radius 1 is 1.06 bits per heavy atom. The van der Waals surface area contributed by atoms with Gasteiger partial charge in [0.15, 0.2) is 0 Å². The predicted octanol–water partition coefficient (Wildman–Crippen LogP) is 2.82. The summed E-state index contributed by atoms with van der Waals surface area (Å²) in [5.74, 6) is 1.09. The van der Waals surface area contributed by atoms with E-state index in [-0.39, 0.29) is 0 Å². The highest BCUT2D eigenvalue weighted by atomic mass is 15.2. The molecular formula is C14H21N3. The van der Waals surface area contributed by atoms with Crippen LogP contribution in [0, 0.1) is 5.41 Å². The van der Waals surface area contributed by atoms with Crippen LogP contribution >= 0.6 is 0 Å². The molecule has 0 atom stereocenters. The van der Waals surface area contributed by atoms with Gasteiger partial charge in [-0.15, -0.1) is 0 Å². The summed E-state index contributed by atoms with van der Waals surface area (Å²) in [6.45, 7) is 2.33. The summed E-state index contributed by atoms with van der Waals surface area (Å²) in [5, 5.41) is 0. The highest BCUT2D eigenvalue weighted by Gasteiger charge is 2.36. The van der Waals surface area contributed by atoms with Crippen LogP contribution in [0.2, 0.25) is 0 Å². The van der Waals surface area contributed by atoms with Crippen LogP contribution in [0.4, 0.5) is 11.5 Å². The van der Waals surface area contributed by atoms with E-state index in [1.54, 1.807) is 6.20 Å². The van der Waals surface area contributed by atoms with Crippen molar-refractivity contribution in [2.24, 2.45) is 5.41 Å². The summed E-state index contributed by atoms with van der Waals surface area (Å²) in [5.41, 5.74) is 7.10. The molecule has 1 aliphatic carbocycles. The second-order valence-electron chi connectivity index (χ2n) is 5.64. The number of rotatable bonds is 1. The van der Waals surface area contributed by atoms with Gasteiger partial charge in [-0.05, 0) is 43.2 Å². The average molecular weight is 231 g/mol. The van der Waals surface area contributed by atoms with Crippen molar-refractivity contribution in [1.82, 2.24) is 4.98 Å². The van der Waals surface area contributed by atoms with Gasteiger partial charge < -0.3 is 10.6 Å². The molecule has 0 unspecified atom stereocenters. The first-order valence-electron chi connectivity index (χ1n) is 6.74. The number of hydrogen-bond donors (Lipinski definition) is 1. The fourth-order valence-electron chi connectivity index (χ4n) is 3.42. The second-order valence-corrected chi connectivity index (χ2v) is 5.64. The molecular weight excluding hydrogens is 210 g/mol. The highest BCUT2D eigenvalue weighted by molar-refractivity contribution is 5.46. The minimum Gasteiger partial charge on any atom is -0.397 e. The van der Waals surface area contributed by atoms with E-state index in [0.717, 1.165) is 24.6 Å². The maximum Gasteiger partial charge on any atom is 0.128 e. The van der Waals surface area contributed by atoms with Crippen LogP contribution in [-0.2, 0) is 0 Å². The van der Waals surface area contributed by atoms with Crippen LogP contribution in [0.25, 0.3) is 0 Å². The molecule has 1 saturated carbocycles. The van der Waals surface area contributed by atoms with Gasteiger partial charge in [0, 0.05) is 13.1 Å². The summed E-state index contributed by atoms with van der Waals surface area (Å²) >= 11 is 0. The number of nitrogen functional groups attached to an aromatic ring is 1. The quantitative estimate of drug-likeness (QED) is 0.808. The zero-order valence-electron chi connectivity index (χ0n) is 10.4. The number of nitrogens with two attached hydrogens (primary N) is 1. The Hall–Kier alpha value is -1.25. The van der Waals surface area contributed by atoms with Gasteiger partial charge in [-0.3, -0.25) is 0 Å². The van der Waals surface area contributed by atoms with Crippen LogP contribution in [0.1, 0.15) is 38.5 Å². The first-order chi connectivity index (χ1) is 8.27. The smallest absolute Gasteiger partial charge is 0.128 e. The topological polar surface area (TPSA) is 42.1 Å². The van der Waals surface area contributed by atoms with Gasteiger partial charge in [0.25, 0.3) is 0 Å². The Morgan fingerprint density at radius 2 is 1.76 bits per heavy atom. The molecule has 0 aromatic carbocycles. The molecule has 2 heterocycles. The Labute approximate surface area is 103 Å². The first kappa shape index (κ1) is 10.9. The molecule has 1 spiro atoms. The van der Waals surface area contributed by atoms with E-state index in [1.807, 2.05) is 12.1 Å². The summed E-state index contributed by atoms with van der Waals surface area (Å²) in [6.07, 6.45) is 10.2. The van der Waals surface area contributed by atoms with E-state index < -0.39 is 0 Å². The summed E-state index contributed by atoms with van der Waals surface area (Å²) in [7, 11) is 0. The molecule has 1 aromatic heterocycles. The summed E-state index contributed by atoms with van der Waals surface area (Å²) < 4.78 is 0. The lowest BCUT2D eigenvalue weighted by molar-refractivity contribution is 0.226. The number of hydrogen-bond acceptors (Lipinski definition) is 3. The number of aromatic nitrogens is 1. The van der Waals surface area contributed by atoms with Gasteiger partial charge in [0.2, 0.25) is 0 Å². The Balaban J connectivity index is 1.66. The minimum absolute atomic E-state index is 0.685. The maximum absolute atomic E-state index is 5.67. The lowest BCUT2D eigenvalue weighted by Gasteiger charge is -2.40. The van der Waals surface area contributed by atoms with E-state index >= 15 is 0 Å². The molecule has 3 rings (SSSR count). The van der Waals surface area contributed by atoms with Crippen molar-refractivity contribution < 1.29 is 0 Å². The molecule has 1 aliphatic heterocycles. The lowest BCUT2D eigenvalue weighted by Crippen LogP contribution is -2.39. The number of piperidine rings is 1. The van der Waals surface area contributed by atoms with Crippen molar-refractivity contribution in [3.8, 4) is 0 Å². The zero-order chi connectivity index (χ0) is 11.7. The van der Waals surface area contributed by atoms with Crippen LogP contribution < -0.4 is 10.6 Å². The van der Waals surface area contributed by atoms with Crippen LogP contribution in [0.3, 0.4) is 0 Å². The first-order valence-corrected chi connectivity index (χ1v) is 6.74. The fraction of sp³-hybridized carbons (Fsp3) is 0.643. The molecule has 2 N–H and O–H groups in total. The molecule has 0 bridgehead atoms. The molecule has 17 heavy (non-hydrogen) atoms. The molecule has 1 aromatic rings. The van der Waals surface area contributed by atoms with Crippen molar-refractivity contribution in [3.05, 3.63) is 18.3 Å². The van der Waals surface area contributed by atoms with Crippen LogP contribution in [0.15, 0.2) is 18.3 Å². The monoisotopic (exact) mass is 231 g/mol. The minimum atomic E-state index is 0.685. The van der Waals surface area contributed by atoms with E-state index in [0.29, 0.717) is 5.41 Å². The van der Waals surface area contributed by atoms with Crippen molar-refractivity contribution in [1.29, 1.82) is 0 Å². The fourth-order valence-corrected chi connectivity index (χ4v) is 3.42. The largest absolute Gasteiger partial charge is 0.397 e. The third-order valence-electron chi connectivity index (χ3n) is 4.58. The van der Waals surface area contributed by atoms with Gasteiger partial charge in [0.1, 0.15) is 5.82 Å². The van der Waals surface area contributed by atoms with Crippen LogP contribution in [0.5, 0.6) is 0 Å². The lowest BCUT2D eigenvalue weighted by atomic mass is 9.77. The predicted molar refractivity (Wildman–Crippen MR) is 71.0 cm³/mol. The third kappa shape index (κ3) is 2.11. The van der Waals surface area contributed by atoms with Crippen molar-refractivity contribution >= 4 is 11.5 Å². The molecule has 92 valence electrons. The molecule has 3 heteroatoms. The average Bonchev–Trinajstić information content (AvgIpc) is 2.80. The van der Waals surface area contributed by atoms with Gasteiger partial charge in [-0.1, -0.05) is 12.8 Å². The Bertz CT molecular complexity index is 369. The van der Waals surface area contributed by atoms with E-state index in [9.17, 15) is 0 Å². The second kappa shape index (κ2) is 4.21. The normalized spacial score (nSPS) is 23.2. The zero-order valence-corrected chi connectivity index (χ0v) is 10.4. The number of anilines is 2. The number of pyridine rings is 1. The standard InChI is InChI=1S/C14H21N3/c15-12-3-4-13(16-11-12)17-9-7-14(8-10-17)5-1-2-6-14/h3-4,11H,1-2,5-10,15H2. The van der Waals surface area contributed by atoms with Crippen molar-refractivity contribution in [2.45, 2.75) is 38.5 Å². The maximum atomic E-state index is 5.67. The third-order valence-corrected chi connectivity index (χ3v) is 4.58. The van der Waals surface area contributed by atoms with E-state index in [4.69, 9.17) is 5.73 Å². The van der Waals surface area contributed by atoms with Gasteiger partial charge >= 0.3 is 0 Å². The summed E-state index contributed by atoms with van der Waals surface area (Å²) in [6, 6.07) is 3.99. The Morgan fingerprint density at radius 3 is 2.35 bits per heavy atom. The van der Waals surface area contributed by atoms with Gasteiger partial charge in [-0.25, -0.2) is 4.98 Å². The highest BCUT2D eigenvalue weighted by Crippen LogP contribution is 2.46. The van der Waals surface area contributed by atoms with Gasteiger partial charge in [-0.2, -0.15) is 0 Å². The van der Waals surface area contributed by atoms with Crippen molar-refractivity contribution in [3.63, 3.8) is 0 Å². The molecule has 2 aliphatic rings. The molecule has 2 fully saturated rings. The molecule has 0 amide bonds. The van der Waals surface area contributed by atoms with Crippen molar-refractivity contribution in [2.75, 3.05) is 23.7 Å². The SMILES string of the molecule is Nc1ccc(N2CCC3(CCCC3)CC2)nc1. The molecule has 3 nitrogen and oxygen atoms in total. The summed E-state index contributed by atoms with van der Waals surface area (Å²) in [4.78, 5) is 6.82. The van der Waals surface area contributed by atoms with Gasteiger partial charge in [0.05, 0.1) is 11.9 Å². The van der Waals surface area contributed by atoms with E-state index in [1.165, 1.54) is 38.5 Å². The van der Waals surface area contributed by atoms with E-state index in [2.05, 4.69) is 9.88 Å². The Kier molecular flexibility index (Phi) is 2.69. The molecule has 0 radical (unpaired) electrons. The van der Waals surface area contributed by atoms with Crippen LogP contribution in [-0.4, -0.2) is 18.1 Å². The molecule has 1 saturated heterocycles.